The van der Waals surface area contributed by atoms with Gasteiger partial charge in [0.05, 0.1) is 0 Å². The molecule has 0 spiro atoms. The topological polar surface area (TPSA) is 15.3 Å². The summed E-state index contributed by atoms with van der Waals surface area (Å²) in [6, 6.07) is 7.88. The zero-order valence-electron chi connectivity index (χ0n) is 10.7. The number of nitrogens with one attached hydrogen (secondary N) is 1. The van der Waals surface area contributed by atoms with Gasteiger partial charge in [-0.3, -0.25) is 4.90 Å². The lowest BCUT2D eigenvalue weighted by molar-refractivity contribution is 0.141. The molecular formula is C14H22N2. The Labute approximate surface area is 98.7 Å². The molecule has 0 saturated carbocycles. The number of hydrogen-bond donors (Lipinski definition) is 1. The van der Waals surface area contributed by atoms with Crippen LogP contribution >= 0.6 is 0 Å². The second-order valence-corrected chi connectivity index (χ2v) is 5.05. The highest BCUT2D eigenvalue weighted by Gasteiger charge is 2.26. The Kier molecular flexibility index (Phi) is 3.31. The number of rotatable bonds is 1. The second-order valence-electron chi connectivity index (χ2n) is 5.05. The Morgan fingerprint density at radius 3 is 2.75 bits per heavy atom. The molecule has 0 bridgehead atoms. The summed E-state index contributed by atoms with van der Waals surface area (Å²) in [5.41, 5.74) is 4.23. The predicted molar refractivity (Wildman–Crippen MR) is 68.8 cm³/mol. The van der Waals surface area contributed by atoms with Crippen LogP contribution in [0.3, 0.4) is 0 Å². The van der Waals surface area contributed by atoms with Crippen LogP contribution in [0.2, 0.25) is 0 Å². The summed E-state index contributed by atoms with van der Waals surface area (Å²) in [5.74, 6) is 0. The van der Waals surface area contributed by atoms with E-state index in [1.807, 2.05) is 0 Å². The lowest BCUT2D eigenvalue weighted by Gasteiger charge is -2.39. The van der Waals surface area contributed by atoms with E-state index < -0.39 is 0 Å². The molecule has 1 aromatic carbocycles. The third-order valence-electron chi connectivity index (χ3n) is 3.76. The summed E-state index contributed by atoms with van der Waals surface area (Å²) in [5, 5.41) is 3.52. The number of benzene rings is 1. The molecule has 2 heteroatoms. The van der Waals surface area contributed by atoms with E-state index in [-0.39, 0.29) is 0 Å². The van der Waals surface area contributed by atoms with Crippen LogP contribution in [0.4, 0.5) is 0 Å². The van der Waals surface area contributed by atoms with Crippen LogP contribution in [-0.2, 0) is 0 Å². The van der Waals surface area contributed by atoms with Gasteiger partial charge >= 0.3 is 0 Å². The summed E-state index contributed by atoms with van der Waals surface area (Å²) in [4.78, 5) is 2.48. The Balaban J connectivity index is 2.31. The Bertz CT molecular complexity index is 373. The van der Waals surface area contributed by atoms with Crippen LogP contribution in [0.15, 0.2) is 18.2 Å². The van der Waals surface area contributed by atoms with Crippen molar-refractivity contribution in [1.29, 1.82) is 0 Å². The van der Waals surface area contributed by atoms with Gasteiger partial charge in [0.1, 0.15) is 0 Å². The van der Waals surface area contributed by atoms with Crippen molar-refractivity contribution in [3.8, 4) is 0 Å². The van der Waals surface area contributed by atoms with Gasteiger partial charge < -0.3 is 5.32 Å². The summed E-state index contributed by atoms with van der Waals surface area (Å²) in [7, 11) is 2.23. The molecule has 1 saturated heterocycles. The highest BCUT2D eigenvalue weighted by Crippen LogP contribution is 2.26. The van der Waals surface area contributed by atoms with E-state index in [4.69, 9.17) is 0 Å². The van der Waals surface area contributed by atoms with Crippen LogP contribution < -0.4 is 5.32 Å². The van der Waals surface area contributed by atoms with E-state index in [0.717, 1.165) is 13.1 Å². The van der Waals surface area contributed by atoms with Gasteiger partial charge in [-0.15, -0.1) is 0 Å². The third-order valence-corrected chi connectivity index (χ3v) is 3.76. The monoisotopic (exact) mass is 218 g/mol. The fraction of sp³-hybridized carbons (Fsp3) is 0.571. The smallest absolute Gasteiger partial charge is 0.0475 e. The average Bonchev–Trinajstić information content (AvgIpc) is 2.26. The molecule has 1 heterocycles. The van der Waals surface area contributed by atoms with Gasteiger partial charge in [-0.05, 0) is 38.9 Å². The maximum absolute atomic E-state index is 3.52. The first-order valence-corrected chi connectivity index (χ1v) is 6.09. The van der Waals surface area contributed by atoms with E-state index in [2.05, 4.69) is 56.2 Å². The van der Waals surface area contributed by atoms with Crippen molar-refractivity contribution < 1.29 is 0 Å². The third kappa shape index (κ3) is 2.13. The molecule has 2 nitrogen and oxygen atoms in total. The molecule has 1 aliphatic heterocycles. The molecule has 88 valence electrons. The summed E-state index contributed by atoms with van der Waals surface area (Å²) < 4.78 is 0. The minimum absolute atomic E-state index is 0.517. The van der Waals surface area contributed by atoms with Crippen molar-refractivity contribution in [2.24, 2.45) is 0 Å². The van der Waals surface area contributed by atoms with E-state index in [1.54, 1.807) is 0 Å². The van der Waals surface area contributed by atoms with Crippen molar-refractivity contribution in [3.63, 3.8) is 0 Å². The zero-order chi connectivity index (χ0) is 11.7. The largest absolute Gasteiger partial charge is 0.313 e. The number of piperazine rings is 1. The van der Waals surface area contributed by atoms with Gasteiger partial charge in [0.25, 0.3) is 0 Å². The molecule has 0 aromatic heterocycles. The molecular weight excluding hydrogens is 196 g/mol. The molecule has 1 N–H and O–H groups in total. The number of nitrogens with zero attached hydrogens (tertiary/aromatic N) is 1. The highest BCUT2D eigenvalue weighted by atomic mass is 15.2. The van der Waals surface area contributed by atoms with Crippen LogP contribution in [-0.4, -0.2) is 31.1 Å². The number of aryl methyl sites for hydroxylation is 2. The van der Waals surface area contributed by atoms with Crippen molar-refractivity contribution in [2.75, 3.05) is 20.1 Å². The maximum Gasteiger partial charge on any atom is 0.0475 e. The van der Waals surface area contributed by atoms with Crippen molar-refractivity contribution in [2.45, 2.75) is 32.9 Å². The standard InChI is InChI=1S/C14H22N2/c1-10-5-6-11(2)13(7-10)14-9-15-8-12(3)16(14)4/h5-7,12,14-15H,8-9H2,1-4H3/t12-,14?/m1/s1. The lowest BCUT2D eigenvalue weighted by atomic mass is 9.95. The molecule has 1 unspecified atom stereocenters. The first-order valence-electron chi connectivity index (χ1n) is 6.09. The van der Waals surface area contributed by atoms with E-state index in [1.165, 1.54) is 16.7 Å². The molecule has 0 radical (unpaired) electrons. The molecule has 0 aliphatic carbocycles. The van der Waals surface area contributed by atoms with Crippen LogP contribution in [0, 0.1) is 13.8 Å². The molecule has 1 aliphatic rings. The Morgan fingerprint density at radius 1 is 1.25 bits per heavy atom. The molecule has 2 atom stereocenters. The minimum Gasteiger partial charge on any atom is -0.313 e. The summed E-state index contributed by atoms with van der Waals surface area (Å²) in [6.07, 6.45) is 0. The summed E-state index contributed by atoms with van der Waals surface area (Å²) >= 11 is 0. The van der Waals surface area contributed by atoms with Gasteiger partial charge in [0.15, 0.2) is 0 Å². The predicted octanol–water partition coefficient (Wildman–Crippen LogP) is 2.27. The van der Waals surface area contributed by atoms with Crippen molar-refractivity contribution >= 4 is 0 Å². The number of likely N-dealkylation sites (N-methyl/N-ethyl adjacent to an activating group) is 1. The maximum atomic E-state index is 3.52. The van der Waals surface area contributed by atoms with E-state index >= 15 is 0 Å². The molecule has 0 amide bonds. The van der Waals surface area contributed by atoms with Crippen LogP contribution in [0.1, 0.15) is 29.7 Å². The highest BCUT2D eigenvalue weighted by molar-refractivity contribution is 5.33. The first kappa shape index (κ1) is 11.6. The van der Waals surface area contributed by atoms with Gasteiger partial charge in [0, 0.05) is 25.2 Å². The minimum atomic E-state index is 0.517. The van der Waals surface area contributed by atoms with Gasteiger partial charge in [0.2, 0.25) is 0 Å². The van der Waals surface area contributed by atoms with Crippen LogP contribution in [0.5, 0.6) is 0 Å². The SMILES string of the molecule is Cc1ccc(C)c(C2CNC[C@@H](C)N2C)c1. The van der Waals surface area contributed by atoms with E-state index in [9.17, 15) is 0 Å². The van der Waals surface area contributed by atoms with Gasteiger partial charge in [-0.2, -0.15) is 0 Å². The fourth-order valence-corrected chi connectivity index (χ4v) is 2.47. The molecule has 16 heavy (non-hydrogen) atoms. The van der Waals surface area contributed by atoms with Crippen molar-refractivity contribution in [1.82, 2.24) is 10.2 Å². The Hall–Kier alpha value is -0.860. The Morgan fingerprint density at radius 2 is 2.00 bits per heavy atom. The second kappa shape index (κ2) is 4.56. The van der Waals surface area contributed by atoms with Gasteiger partial charge in [-0.1, -0.05) is 23.8 Å². The quantitative estimate of drug-likeness (QED) is 0.778. The fourth-order valence-electron chi connectivity index (χ4n) is 2.47. The zero-order valence-corrected chi connectivity index (χ0v) is 10.7. The average molecular weight is 218 g/mol. The normalized spacial score (nSPS) is 27.0. The lowest BCUT2D eigenvalue weighted by Crippen LogP contribution is -2.49. The molecule has 1 aromatic rings. The van der Waals surface area contributed by atoms with Crippen LogP contribution in [0.25, 0.3) is 0 Å². The van der Waals surface area contributed by atoms with E-state index in [0.29, 0.717) is 12.1 Å². The number of hydrogen-bond acceptors (Lipinski definition) is 2. The summed E-state index contributed by atoms with van der Waals surface area (Å²) in [6.45, 7) is 8.82. The van der Waals surface area contributed by atoms with Crippen molar-refractivity contribution in [3.05, 3.63) is 34.9 Å². The van der Waals surface area contributed by atoms with Gasteiger partial charge in [-0.25, -0.2) is 0 Å². The molecule has 2 rings (SSSR count). The first-order chi connectivity index (χ1) is 7.59. The molecule has 1 fully saturated rings.